The second-order valence-electron chi connectivity index (χ2n) is 4.10. The van der Waals surface area contributed by atoms with Gasteiger partial charge >= 0.3 is 0 Å². The Labute approximate surface area is 140 Å². The van der Waals surface area contributed by atoms with Gasteiger partial charge in [-0.1, -0.05) is 62.9 Å². The van der Waals surface area contributed by atoms with Gasteiger partial charge in [0.2, 0.25) is 5.91 Å². The summed E-state index contributed by atoms with van der Waals surface area (Å²) in [5, 5.41) is 3.74. The van der Waals surface area contributed by atoms with Crippen LogP contribution in [0, 0.1) is 0 Å². The lowest BCUT2D eigenvalue weighted by molar-refractivity contribution is -0.115. The van der Waals surface area contributed by atoms with Gasteiger partial charge in [-0.3, -0.25) is 4.79 Å². The molecule has 0 unspecified atom stereocenters. The third-order valence-electron chi connectivity index (χ3n) is 2.55. The molecule has 104 valence electrons. The van der Waals surface area contributed by atoms with Crippen molar-refractivity contribution < 1.29 is 4.79 Å². The van der Waals surface area contributed by atoms with Crippen LogP contribution in [0.1, 0.15) is 5.56 Å². The molecule has 0 fully saturated rings. The van der Waals surface area contributed by atoms with E-state index in [1.54, 1.807) is 0 Å². The summed E-state index contributed by atoms with van der Waals surface area (Å²) in [6.45, 7) is 0. The fraction of sp³-hybridized carbons (Fsp3) is 0.0714. The number of carbonyl (C=O) groups is 1. The van der Waals surface area contributed by atoms with E-state index in [1.807, 2.05) is 24.3 Å². The Morgan fingerprint density at radius 2 is 1.60 bits per heavy atom. The highest BCUT2D eigenvalue weighted by Gasteiger charge is 2.11. The third-order valence-corrected chi connectivity index (χ3v) is 3.89. The van der Waals surface area contributed by atoms with Crippen molar-refractivity contribution in [2.24, 2.45) is 0 Å². The average molecular weight is 393 g/mol. The molecule has 0 saturated carbocycles. The average Bonchev–Trinajstić information content (AvgIpc) is 2.36. The van der Waals surface area contributed by atoms with Crippen molar-refractivity contribution in [3.8, 4) is 0 Å². The molecular weight excluding hydrogens is 384 g/mol. The second-order valence-corrected chi connectivity index (χ2v) is 6.26. The Balaban J connectivity index is 2.10. The highest BCUT2D eigenvalue weighted by atomic mass is 79.9. The molecular formula is C14H9BrCl3NO. The second kappa shape index (κ2) is 6.81. The molecule has 1 amide bonds. The van der Waals surface area contributed by atoms with Crippen molar-refractivity contribution in [2.45, 2.75) is 6.42 Å². The van der Waals surface area contributed by atoms with Gasteiger partial charge in [0.15, 0.2) is 0 Å². The number of rotatable bonds is 3. The number of nitrogens with one attached hydrogen (secondary N) is 1. The summed E-state index contributed by atoms with van der Waals surface area (Å²) in [6.07, 6.45) is 0.239. The first-order chi connectivity index (χ1) is 9.45. The zero-order valence-electron chi connectivity index (χ0n) is 10.1. The van der Waals surface area contributed by atoms with Gasteiger partial charge in [-0.25, -0.2) is 0 Å². The fourth-order valence-corrected chi connectivity index (χ4v) is 2.81. The van der Waals surface area contributed by atoms with Crippen LogP contribution in [0.25, 0.3) is 0 Å². The molecule has 0 aliphatic rings. The smallest absolute Gasteiger partial charge is 0.228 e. The molecule has 2 aromatic carbocycles. The summed E-state index contributed by atoms with van der Waals surface area (Å²) in [5.74, 6) is -0.196. The molecule has 0 atom stereocenters. The van der Waals surface area contributed by atoms with E-state index in [0.717, 1.165) is 10.0 Å². The number of hydrogen-bond donors (Lipinski definition) is 1. The van der Waals surface area contributed by atoms with Gasteiger partial charge in [-0.15, -0.1) is 0 Å². The van der Waals surface area contributed by atoms with Gasteiger partial charge in [-0.2, -0.15) is 0 Å². The Morgan fingerprint density at radius 3 is 2.15 bits per heavy atom. The van der Waals surface area contributed by atoms with E-state index in [4.69, 9.17) is 34.8 Å². The molecule has 1 N–H and O–H groups in total. The van der Waals surface area contributed by atoms with E-state index in [0.29, 0.717) is 20.8 Å². The summed E-state index contributed by atoms with van der Waals surface area (Å²) in [5.41, 5.74) is 1.27. The summed E-state index contributed by atoms with van der Waals surface area (Å²) in [7, 11) is 0. The van der Waals surface area contributed by atoms with Gasteiger partial charge in [0.05, 0.1) is 22.2 Å². The topological polar surface area (TPSA) is 29.1 Å². The Hall–Kier alpha value is -0.740. The van der Waals surface area contributed by atoms with Crippen molar-refractivity contribution >= 4 is 62.3 Å². The highest BCUT2D eigenvalue weighted by molar-refractivity contribution is 9.10. The van der Waals surface area contributed by atoms with E-state index >= 15 is 0 Å². The minimum absolute atomic E-state index is 0.196. The Morgan fingerprint density at radius 1 is 1.05 bits per heavy atom. The van der Waals surface area contributed by atoms with E-state index in [9.17, 15) is 4.79 Å². The van der Waals surface area contributed by atoms with Crippen molar-refractivity contribution in [1.29, 1.82) is 0 Å². The zero-order valence-corrected chi connectivity index (χ0v) is 13.9. The van der Waals surface area contributed by atoms with Crippen LogP contribution in [0.2, 0.25) is 15.1 Å². The normalized spacial score (nSPS) is 10.4. The maximum absolute atomic E-state index is 12.0. The summed E-state index contributed by atoms with van der Waals surface area (Å²) >= 11 is 21.2. The first-order valence-electron chi connectivity index (χ1n) is 5.64. The van der Waals surface area contributed by atoms with Crippen molar-refractivity contribution in [1.82, 2.24) is 0 Å². The first-order valence-corrected chi connectivity index (χ1v) is 7.57. The Bertz CT molecular complexity index is 620. The molecule has 2 nitrogen and oxygen atoms in total. The molecule has 2 aromatic rings. The van der Waals surface area contributed by atoms with E-state index in [2.05, 4.69) is 21.2 Å². The molecule has 0 radical (unpaired) electrons. The lowest BCUT2D eigenvalue weighted by atomic mass is 10.1. The van der Waals surface area contributed by atoms with Crippen LogP contribution in [0.4, 0.5) is 5.69 Å². The molecule has 2 rings (SSSR count). The van der Waals surface area contributed by atoms with Gasteiger partial charge in [-0.05, 0) is 29.8 Å². The zero-order chi connectivity index (χ0) is 14.7. The largest absolute Gasteiger partial charge is 0.323 e. The van der Waals surface area contributed by atoms with E-state index in [-0.39, 0.29) is 12.3 Å². The Kier molecular flexibility index (Phi) is 5.33. The molecule has 0 saturated heterocycles. The van der Waals surface area contributed by atoms with Gasteiger partial charge < -0.3 is 5.32 Å². The number of hydrogen-bond acceptors (Lipinski definition) is 1. The molecule has 0 aliphatic heterocycles. The number of benzene rings is 2. The monoisotopic (exact) mass is 391 g/mol. The lowest BCUT2D eigenvalue weighted by Crippen LogP contribution is -2.15. The summed E-state index contributed by atoms with van der Waals surface area (Å²) in [4.78, 5) is 12.0. The number of amides is 1. The van der Waals surface area contributed by atoms with Crippen molar-refractivity contribution in [3.05, 3.63) is 61.5 Å². The molecule has 20 heavy (non-hydrogen) atoms. The molecule has 0 heterocycles. The van der Waals surface area contributed by atoms with Crippen LogP contribution in [-0.2, 0) is 11.2 Å². The quantitative estimate of drug-likeness (QED) is 0.724. The predicted molar refractivity (Wildman–Crippen MR) is 87.9 cm³/mol. The van der Waals surface area contributed by atoms with E-state index in [1.165, 1.54) is 12.1 Å². The number of halogens is 4. The standard InChI is InChI=1S/C14H9BrCl3NO/c15-9-3-1-8(2-4-9)5-13(20)19-14-11(17)6-10(16)7-12(14)18/h1-4,6-7H,5H2,(H,19,20). The minimum atomic E-state index is -0.196. The predicted octanol–water partition coefficient (Wildman–Crippen LogP) is 5.59. The molecule has 0 bridgehead atoms. The molecule has 0 aromatic heterocycles. The van der Waals surface area contributed by atoms with Crippen LogP contribution >= 0.6 is 50.7 Å². The molecule has 0 aliphatic carbocycles. The number of anilines is 1. The molecule has 0 spiro atoms. The third kappa shape index (κ3) is 4.13. The maximum atomic E-state index is 12.0. The van der Waals surface area contributed by atoms with Gasteiger partial charge in [0.25, 0.3) is 0 Å². The van der Waals surface area contributed by atoms with E-state index < -0.39 is 0 Å². The SMILES string of the molecule is O=C(Cc1ccc(Br)cc1)Nc1c(Cl)cc(Cl)cc1Cl. The van der Waals surface area contributed by atoms with Crippen LogP contribution < -0.4 is 5.32 Å². The highest BCUT2D eigenvalue weighted by Crippen LogP contribution is 2.33. The van der Waals surface area contributed by atoms with Gasteiger partial charge in [0, 0.05) is 9.50 Å². The van der Waals surface area contributed by atoms with Crippen LogP contribution in [0.5, 0.6) is 0 Å². The summed E-state index contributed by atoms with van der Waals surface area (Å²) < 4.78 is 0.963. The fourth-order valence-electron chi connectivity index (χ4n) is 1.63. The number of carbonyl (C=O) groups excluding carboxylic acids is 1. The van der Waals surface area contributed by atoms with Crippen LogP contribution in [0.3, 0.4) is 0 Å². The van der Waals surface area contributed by atoms with Crippen LogP contribution in [-0.4, -0.2) is 5.91 Å². The summed E-state index contributed by atoms with van der Waals surface area (Å²) in [6, 6.07) is 10.6. The van der Waals surface area contributed by atoms with Crippen molar-refractivity contribution in [2.75, 3.05) is 5.32 Å². The first kappa shape index (κ1) is 15.6. The maximum Gasteiger partial charge on any atom is 0.228 e. The van der Waals surface area contributed by atoms with Crippen LogP contribution in [0.15, 0.2) is 40.9 Å². The minimum Gasteiger partial charge on any atom is -0.323 e. The lowest BCUT2D eigenvalue weighted by Gasteiger charge is -2.10. The molecule has 6 heteroatoms. The van der Waals surface area contributed by atoms with Crippen molar-refractivity contribution in [3.63, 3.8) is 0 Å². The van der Waals surface area contributed by atoms with Gasteiger partial charge in [0.1, 0.15) is 0 Å².